The van der Waals surface area contributed by atoms with E-state index in [1.54, 1.807) is 26.6 Å². The number of rotatable bonds is 6. The van der Waals surface area contributed by atoms with Crippen molar-refractivity contribution in [3.8, 4) is 0 Å². The predicted molar refractivity (Wildman–Crippen MR) is 81.2 cm³/mol. The Morgan fingerprint density at radius 2 is 2.27 bits per heavy atom. The summed E-state index contributed by atoms with van der Waals surface area (Å²) in [7, 11) is 3.21. The van der Waals surface area contributed by atoms with Crippen molar-refractivity contribution in [1.82, 2.24) is 19.8 Å². The van der Waals surface area contributed by atoms with E-state index in [0.717, 1.165) is 18.7 Å². The lowest BCUT2D eigenvalue weighted by Crippen LogP contribution is -2.53. The summed E-state index contributed by atoms with van der Waals surface area (Å²) < 4.78 is 7.14. The van der Waals surface area contributed by atoms with Crippen LogP contribution < -0.4 is 5.32 Å². The maximum absolute atomic E-state index is 12.7. The van der Waals surface area contributed by atoms with Crippen LogP contribution in [0.1, 0.15) is 25.1 Å². The summed E-state index contributed by atoms with van der Waals surface area (Å²) in [5.41, 5.74) is -0.541. The number of hydrogen-bond donors (Lipinski definition) is 1. The van der Waals surface area contributed by atoms with Crippen molar-refractivity contribution < 1.29 is 14.3 Å². The van der Waals surface area contributed by atoms with Crippen LogP contribution in [0.4, 0.5) is 0 Å². The van der Waals surface area contributed by atoms with E-state index in [1.807, 2.05) is 16.4 Å². The molecule has 1 fully saturated rings. The Kier molecular flexibility index (Phi) is 5.18. The summed E-state index contributed by atoms with van der Waals surface area (Å²) in [6.45, 7) is 3.14. The van der Waals surface area contributed by atoms with Crippen LogP contribution in [0.3, 0.4) is 0 Å². The number of likely N-dealkylation sites (tertiary alicyclic amines) is 1. The normalized spacial score (nSPS) is 21.1. The molecule has 1 atom stereocenters. The molecule has 7 nitrogen and oxygen atoms in total. The molecule has 0 saturated carbocycles. The van der Waals surface area contributed by atoms with Crippen LogP contribution in [0.25, 0.3) is 0 Å². The summed E-state index contributed by atoms with van der Waals surface area (Å²) in [4.78, 5) is 30.5. The number of methoxy groups -OCH3 is 1. The van der Waals surface area contributed by atoms with Gasteiger partial charge >= 0.3 is 0 Å². The summed E-state index contributed by atoms with van der Waals surface area (Å²) in [6, 6.07) is 0. The first-order chi connectivity index (χ1) is 10.5. The zero-order valence-electron chi connectivity index (χ0n) is 13.5. The van der Waals surface area contributed by atoms with Gasteiger partial charge in [0, 0.05) is 33.1 Å². The van der Waals surface area contributed by atoms with E-state index >= 15 is 0 Å². The van der Waals surface area contributed by atoms with Crippen LogP contribution in [-0.2, 0) is 20.9 Å². The smallest absolute Gasteiger partial charge is 0.243 e. The fraction of sp³-hybridized carbons (Fsp3) is 0.667. The molecule has 2 amide bonds. The second kappa shape index (κ2) is 6.91. The van der Waals surface area contributed by atoms with Crippen molar-refractivity contribution in [3.05, 3.63) is 18.2 Å². The molecule has 0 aromatic carbocycles. The number of aryl methyl sites for hydroxylation is 1. The first-order valence-corrected chi connectivity index (χ1v) is 7.50. The van der Waals surface area contributed by atoms with E-state index < -0.39 is 5.54 Å². The zero-order chi connectivity index (χ0) is 16.2. The SMILES string of the molecule is CNC(=O)CC1(COC)CCCN1C(=O)Cn1ccnc1C. The zero-order valence-corrected chi connectivity index (χ0v) is 13.5. The third-order valence-corrected chi connectivity index (χ3v) is 4.31. The molecule has 1 saturated heterocycles. The standard InChI is InChI=1S/C15H24N4O3/c1-12-17-6-8-18(12)10-14(21)19-7-4-5-15(19,11-22-3)9-13(20)16-2/h6,8H,4-5,7,9-11H2,1-3H3,(H,16,20). The van der Waals surface area contributed by atoms with Gasteiger partial charge in [-0.2, -0.15) is 0 Å². The molecule has 22 heavy (non-hydrogen) atoms. The lowest BCUT2D eigenvalue weighted by molar-refractivity contribution is -0.140. The summed E-state index contributed by atoms with van der Waals surface area (Å²) >= 11 is 0. The molecule has 1 aromatic rings. The quantitative estimate of drug-likeness (QED) is 0.822. The largest absolute Gasteiger partial charge is 0.382 e. The summed E-state index contributed by atoms with van der Waals surface area (Å²) in [6.07, 6.45) is 5.41. The average Bonchev–Trinajstić information content (AvgIpc) is 3.06. The molecule has 1 N–H and O–H groups in total. The molecule has 0 radical (unpaired) electrons. The Morgan fingerprint density at radius 1 is 1.50 bits per heavy atom. The van der Waals surface area contributed by atoms with Crippen LogP contribution in [0.2, 0.25) is 0 Å². The summed E-state index contributed by atoms with van der Waals surface area (Å²) in [5, 5.41) is 2.64. The minimum atomic E-state index is -0.541. The van der Waals surface area contributed by atoms with Gasteiger partial charge in [-0.1, -0.05) is 0 Å². The van der Waals surface area contributed by atoms with Gasteiger partial charge in [0.15, 0.2) is 0 Å². The number of amides is 2. The highest BCUT2D eigenvalue weighted by Gasteiger charge is 2.45. The van der Waals surface area contributed by atoms with Crippen molar-refractivity contribution in [2.24, 2.45) is 0 Å². The van der Waals surface area contributed by atoms with Gasteiger partial charge in [0.05, 0.1) is 18.6 Å². The number of ether oxygens (including phenoxy) is 1. The number of aromatic nitrogens is 2. The Hall–Kier alpha value is -1.89. The highest BCUT2D eigenvalue weighted by molar-refractivity contribution is 5.81. The minimum Gasteiger partial charge on any atom is -0.382 e. The van der Waals surface area contributed by atoms with E-state index in [0.29, 0.717) is 13.2 Å². The van der Waals surface area contributed by atoms with Crippen molar-refractivity contribution in [3.63, 3.8) is 0 Å². The first-order valence-electron chi connectivity index (χ1n) is 7.50. The Morgan fingerprint density at radius 3 is 2.86 bits per heavy atom. The van der Waals surface area contributed by atoms with E-state index in [9.17, 15) is 9.59 Å². The summed E-state index contributed by atoms with van der Waals surface area (Å²) in [5.74, 6) is 0.728. The van der Waals surface area contributed by atoms with Crippen molar-refractivity contribution in [2.45, 2.75) is 38.3 Å². The fourth-order valence-corrected chi connectivity index (χ4v) is 3.17. The molecule has 1 aliphatic heterocycles. The highest BCUT2D eigenvalue weighted by atomic mass is 16.5. The molecule has 1 unspecified atom stereocenters. The van der Waals surface area contributed by atoms with Gasteiger partial charge in [0.25, 0.3) is 0 Å². The molecule has 7 heteroatoms. The Bertz CT molecular complexity index is 543. The predicted octanol–water partition coefficient (Wildman–Crippen LogP) is 0.335. The van der Waals surface area contributed by atoms with Crippen LogP contribution in [0.5, 0.6) is 0 Å². The molecule has 2 rings (SSSR count). The van der Waals surface area contributed by atoms with Gasteiger partial charge in [-0.05, 0) is 19.8 Å². The lowest BCUT2D eigenvalue weighted by atomic mass is 9.92. The number of carbonyl (C=O) groups is 2. The van der Waals surface area contributed by atoms with Gasteiger partial charge in [0.1, 0.15) is 12.4 Å². The van der Waals surface area contributed by atoms with Gasteiger partial charge in [-0.3, -0.25) is 9.59 Å². The minimum absolute atomic E-state index is 0.000414. The van der Waals surface area contributed by atoms with Crippen LogP contribution in [0, 0.1) is 6.92 Å². The first kappa shape index (κ1) is 16.5. The number of nitrogens with one attached hydrogen (secondary N) is 1. The molecular formula is C15H24N4O3. The Labute approximate surface area is 130 Å². The third kappa shape index (κ3) is 3.30. The number of nitrogens with zero attached hydrogens (tertiary/aromatic N) is 3. The molecule has 0 bridgehead atoms. The van der Waals surface area contributed by atoms with Gasteiger partial charge in [-0.15, -0.1) is 0 Å². The van der Waals surface area contributed by atoms with Crippen LogP contribution in [-0.4, -0.2) is 59.1 Å². The molecule has 0 aliphatic carbocycles. The van der Waals surface area contributed by atoms with Crippen molar-refractivity contribution in [1.29, 1.82) is 0 Å². The van der Waals surface area contributed by atoms with E-state index in [-0.39, 0.29) is 24.8 Å². The fourth-order valence-electron chi connectivity index (χ4n) is 3.17. The Balaban J connectivity index is 2.17. The number of imidazole rings is 1. The molecule has 0 spiro atoms. The molecule has 2 heterocycles. The maximum atomic E-state index is 12.7. The third-order valence-electron chi connectivity index (χ3n) is 4.31. The highest BCUT2D eigenvalue weighted by Crippen LogP contribution is 2.33. The topological polar surface area (TPSA) is 76.5 Å². The molecular weight excluding hydrogens is 284 g/mol. The van der Waals surface area contributed by atoms with Crippen molar-refractivity contribution in [2.75, 3.05) is 27.3 Å². The van der Waals surface area contributed by atoms with Crippen LogP contribution >= 0.6 is 0 Å². The van der Waals surface area contributed by atoms with Crippen molar-refractivity contribution >= 4 is 11.8 Å². The van der Waals surface area contributed by atoms with E-state index in [4.69, 9.17) is 4.74 Å². The maximum Gasteiger partial charge on any atom is 0.243 e. The van der Waals surface area contributed by atoms with Gasteiger partial charge in [0.2, 0.25) is 11.8 Å². The lowest BCUT2D eigenvalue weighted by Gasteiger charge is -2.37. The van der Waals surface area contributed by atoms with Gasteiger partial charge < -0.3 is 19.5 Å². The molecule has 1 aliphatic rings. The number of hydrogen-bond acceptors (Lipinski definition) is 4. The second-order valence-corrected chi connectivity index (χ2v) is 5.76. The van der Waals surface area contributed by atoms with E-state index in [1.165, 1.54) is 0 Å². The second-order valence-electron chi connectivity index (χ2n) is 5.76. The molecule has 1 aromatic heterocycles. The van der Waals surface area contributed by atoms with E-state index in [2.05, 4.69) is 10.3 Å². The van der Waals surface area contributed by atoms with Gasteiger partial charge in [-0.25, -0.2) is 4.98 Å². The molecule has 122 valence electrons. The number of carbonyl (C=O) groups excluding carboxylic acids is 2. The monoisotopic (exact) mass is 308 g/mol. The average molecular weight is 308 g/mol. The van der Waals surface area contributed by atoms with Crippen LogP contribution in [0.15, 0.2) is 12.4 Å².